The van der Waals surface area contributed by atoms with Crippen molar-refractivity contribution in [3.63, 3.8) is 0 Å². The van der Waals surface area contributed by atoms with Crippen molar-refractivity contribution in [2.24, 2.45) is 0 Å². The van der Waals surface area contributed by atoms with Crippen LogP contribution in [0.2, 0.25) is 0 Å². The summed E-state index contributed by atoms with van der Waals surface area (Å²) in [4.78, 5) is 20.5. The minimum absolute atomic E-state index is 0.134. The molecule has 1 aliphatic heterocycles. The summed E-state index contributed by atoms with van der Waals surface area (Å²) < 4.78 is 5.86. The summed E-state index contributed by atoms with van der Waals surface area (Å²) in [6.07, 6.45) is 4.88. The quantitative estimate of drug-likeness (QED) is 0.943. The lowest BCUT2D eigenvalue weighted by Crippen LogP contribution is -2.31. The van der Waals surface area contributed by atoms with Crippen molar-refractivity contribution >= 4 is 6.09 Å². The number of nitrogens with zero attached hydrogens (tertiary/aromatic N) is 3. The normalized spacial score (nSPS) is 16.5. The molecule has 114 valence electrons. The summed E-state index contributed by atoms with van der Waals surface area (Å²) in [5, 5.41) is 9.07. The zero-order valence-corrected chi connectivity index (χ0v) is 12.3. The van der Waals surface area contributed by atoms with Crippen molar-refractivity contribution < 1.29 is 14.6 Å². The summed E-state index contributed by atoms with van der Waals surface area (Å²) >= 11 is 0. The fourth-order valence-electron chi connectivity index (χ4n) is 2.76. The first-order valence-electron chi connectivity index (χ1n) is 7.12. The number of benzene rings is 1. The van der Waals surface area contributed by atoms with Crippen molar-refractivity contribution in [3.8, 4) is 16.9 Å². The number of amides is 1. The van der Waals surface area contributed by atoms with Crippen LogP contribution >= 0.6 is 0 Å². The maximum atomic E-state index is 11.1. The van der Waals surface area contributed by atoms with Crippen LogP contribution in [0.25, 0.3) is 11.1 Å². The van der Waals surface area contributed by atoms with Gasteiger partial charge < -0.3 is 14.7 Å². The average molecular weight is 299 g/mol. The molecule has 0 spiro atoms. The molecule has 0 fully saturated rings. The number of aromatic nitrogens is 2. The predicted octanol–water partition coefficient (Wildman–Crippen LogP) is 2.62. The van der Waals surface area contributed by atoms with Crippen LogP contribution in [0.4, 0.5) is 4.79 Å². The van der Waals surface area contributed by atoms with Crippen molar-refractivity contribution in [2.45, 2.75) is 12.3 Å². The van der Waals surface area contributed by atoms with Gasteiger partial charge in [0.25, 0.3) is 0 Å². The maximum absolute atomic E-state index is 11.1. The monoisotopic (exact) mass is 299 g/mol. The Morgan fingerprint density at radius 1 is 1.41 bits per heavy atom. The molecule has 0 radical (unpaired) electrons. The van der Waals surface area contributed by atoms with Crippen LogP contribution < -0.4 is 4.74 Å². The number of ether oxygens (including phenoxy) is 1. The Balaban J connectivity index is 1.97. The Labute approximate surface area is 128 Å². The number of para-hydroxylation sites is 1. The summed E-state index contributed by atoms with van der Waals surface area (Å²) in [6, 6.07) is 5.94. The molecule has 2 aromatic rings. The van der Waals surface area contributed by atoms with Gasteiger partial charge in [-0.3, -0.25) is 0 Å². The van der Waals surface area contributed by atoms with E-state index in [1.807, 2.05) is 18.2 Å². The minimum atomic E-state index is -0.916. The summed E-state index contributed by atoms with van der Waals surface area (Å²) in [5.41, 5.74) is 2.88. The molecule has 6 heteroatoms. The zero-order chi connectivity index (χ0) is 15.5. The van der Waals surface area contributed by atoms with Crippen LogP contribution in [-0.4, -0.2) is 46.3 Å². The molecule has 6 nitrogen and oxygen atoms in total. The molecule has 0 saturated heterocycles. The van der Waals surface area contributed by atoms with Gasteiger partial charge in [-0.15, -0.1) is 0 Å². The van der Waals surface area contributed by atoms with E-state index in [0.717, 1.165) is 28.9 Å². The summed E-state index contributed by atoms with van der Waals surface area (Å²) in [6.45, 7) is 1.04. The predicted molar refractivity (Wildman–Crippen MR) is 81.0 cm³/mol. The van der Waals surface area contributed by atoms with Gasteiger partial charge in [0.1, 0.15) is 12.1 Å². The van der Waals surface area contributed by atoms with E-state index < -0.39 is 6.09 Å². The van der Waals surface area contributed by atoms with Gasteiger partial charge in [0.05, 0.1) is 6.61 Å². The van der Waals surface area contributed by atoms with E-state index in [2.05, 4.69) is 9.97 Å². The number of rotatable bonds is 3. The van der Waals surface area contributed by atoms with Crippen molar-refractivity contribution in [1.29, 1.82) is 0 Å². The van der Waals surface area contributed by atoms with Crippen LogP contribution in [-0.2, 0) is 0 Å². The molecule has 1 aliphatic rings. The van der Waals surface area contributed by atoms with Gasteiger partial charge in [-0.05, 0) is 12.0 Å². The Hall–Kier alpha value is -2.63. The topological polar surface area (TPSA) is 75.5 Å². The summed E-state index contributed by atoms with van der Waals surface area (Å²) in [7, 11) is 1.59. The van der Waals surface area contributed by atoms with Crippen molar-refractivity contribution in [3.05, 3.63) is 42.5 Å². The van der Waals surface area contributed by atoms with Crippen LogP contribution in [0.5, 0.6) is 5.75 Å². The Bertz CT molecular complexity index is 676. The van der Waals surface area contributed by atoms with Gasteiger partial charge in [0.2, 0.25) is 0 Å². The third kappa shape index (κ3) is 2.72. The van der Waals surface area contributed by atoms with Crippen LogP contribution in [0.1, 0.15) is 17.9 Å². The van der Waals surface area contributed by atoms with E-state index in [9.17, 15) is 4.79 Å². The number of carboxylic acid groups (broad SMARTS) is 1. The number of carbonyl (C=O) groups is 1. The first-order valence-corrected chi connectivity index (χ1v) is 7.12. The highest BCUT2D eigenvalue weighted by atomic mass is 16.5. The highest BCUT2D eigenvalue weighted by Crippen LogP contribution is 2.40. The van der Waals surface area contributed by atoms with Crippen molar-refractivity contribution in [2.75, 3.05) is 20.2 Å². The lowest BCUT2D eigenvalue weighted by molar-refractivity contribution is 0.149. The first-order chi connectivity index (χ1) is 10.7. The van der Waals surface area contributed by atoms with Gasteiger partial charge in [-0.25, -0.2) is 14.8 Å². The van der Waals surface area contributed by atoms with E-state index in [1.165, 1.54) is 11.2 Å². The zero-order valence-electron chi connectivity index (χ0n) is 12.3. The molecule has 0 saturated carbocycles. The lowest BCUT2D eigenvalue weighted by atomic mass is 9.90. The second-order valence-corrected chi connectivity index (χ2v) is 5.35. The maximum Gasteiger partial charge on any atom is 0.407 e. The highest BCUT2D eigenvalue weighted by molar-refractivity contribution is 5.72. The molecule has 1 unspecified atom stereocenters. The molecule has 1 atom stereocenters. The van der Waals surface area contributed by atoms with Gasteiger partial charge in [-0.2, -0.15) is 0 Å². The van der Waals surface area contributed by atoms with Crippen molar-refractivity contribution in [1.82, 2.24) is 14.9 Å². The van der Waals surface area contributed by atoms with Gasteiger partial charge in [0, 0.05) is 43.0 Å². The molecule has 1 aromatic heterocycles. The molecular formula is C16H17N3O3. The molecule has 2 heterocycles. The number of hydrogen-bond acceptors (Lipinski definition) is 4. The van der Waals surface area contributed by atoms with Crippen LogP contribution in [0.3, 0.4) is 0 Å². The summed E-state index contributed by atoms with van der Waals surface area (Å²) in [5.74, 6) is 0.946. The fraction of sp³-hybridized carbons (Fsp3) is 0.312. The van der Waals surface area contributed by atoms with E-state index in [-0.39, 0.29) is 5.92 Å². The number of likely N-dealkylation sites (N-methyl/N-ethyl adjacent to an activating group) is 1. The van der Waals surface area contributed by atoms with Crippen LogP contribution in [0, 0.1) is 0 Å². The molecular weight excluding hydrogens is 282 g/mol. The number of hydrogen-bond donors (Lipinski definition) is 1. The Morgan fingerprint density at radius 2 is 2.18 bits per heavy atom. The van der Waals surface area contributed by atoms with Gasteiger partial charge in [-0.1, -0.05) is 18.2 Å². The smallest absolute Gasteiger partial charge is 0.407 e. The highest BCUT2D eigenvalue weighted by Gasteiger charge is 2.26. The van der Waals surface area contributed by atoms with Crippen LogP contribution in [0.15, 0.2) is 36.9 Å². The molecule has 0 aliphatic carbocycles. The van der Waals surface area contributed by atoms with E-state index in [4.69, 9.17) is 9.84 Å². The molecule has 1 N–H and O–H groups in total. The van der Waals surface area contributed by atoms with E-state index in [0.29, 0.717) is 13.2 Å². The lowest BCUT2D eigenvalue weighted by Gasteiger charge is -2.29. The second kappa shape index (κ2) is 6.01. The molecule has 3 rings (SSSR count). The van der Waals surface area contributed by atoms with E-state index in [1.54, 1.807) is 19.4 Å². The molecule has 0 bridgehead atoms. The molecule has 22 heavy (non-hydrogen) atoms. The SMILES string of the molecule is CN(CC1CCOc2c(-c3cncnc3)cccc21)C(=O)O. The second-order valence-electron chi connectivity index (χ2n) is 5.35. The largest absolute Gasteiger partial charge is 0.493 e. The fourth-order valence-corrected chi connectivity index (χ4v) is 2.76. The standard InChI is InChI=1S/C16H17N3O3/c1-19(16(20)21)9-11-5-6-22-15-13(11)3-2-4-14(15)12-7-17-10-18-8-12/h2-4,7-8,10-11H,5-6,9H2,1H3,(H,20,21). The Kier molecular flexibility index (Phi) is 3.91. The van der Waals surface area contributed by atoms with Gasteiger partial charge in [0.15, 0.2) is 0 Å². The average Bonchev–Trinajstić information content (AvgIpc) is 2.55. The Morgan fingerprint density at radius 3 is 2.91 bits per heavy atom. The molecule has 1 aromatic carbocycles. The third-order valence-electron chi connectivity index (χ3n) is 3.89. The van der Waals surface area contributed by atoms with Gasteiger partial charge >= 0.3 is 6.09 Å². The minimum Gasteiger partial charge on any atom is -0.493 e. The van der Waals surface area contributed by atoms with E-state index >= 15 is 0 Å². The first kappa shape index (κ1) is 14.3. The molecule has 1 amide bonds. The number of fused-ring (bicyclic) bond motifs is 1. The third-order valence-corrected chi connectivity index (χ3v) is 3.89.